The van der Waals surface area contributed by atoms with Gasteiger partial charge in [0.25, 0.3) is 0 Å². The number of hydrogen-bond donors (Lipinski definition) is 0. The summed E-state index contributed by atoms with van der Waals surface area (Å²) in [5.41, 5.74) is 1.64. The first-order valence-electron chi connectivity index (χ1n) is 8.72. The molecule has 0 amide bonds. The Hall–Kier alpha value is -0.920. The van der Waals surface area contributed by atoms with Crippen LogP contribution in [0, 0.1) is 28.6 Å². The van der Waals surface area contributed by atoms with E-state index in [0.717, 1.165) is 38.5 Å². The Labute approximate surface area is 127 Å². The highest BCUT2D eigenvalue weighted by Crippen LogP contribution is 2.64. The van der Waals surface area contributed by atoms with E-state index in [9.17, 15) is 9.59 Å². The minimum atomic E-state index is -0.0246. The number of allylic oxidation sites excluding steroid dienone is 1. The Bertz CT molecular complexity index is 546. The maximum absolute atomic E-state index is 12.4. The van der Waals surface area contributed by atoms with E-state index in [1.807, 2.05) is 6.08 Å². The number of hydrogen-bond acceptors (Lipinski definition) is 2. The van der Waals surface area contributed by atoms with Crippen LogP contribution in [0.3, 0.4) is 0 Å². The van der Waals surface area contributed by atoms with Gasteiger partial charge in [-0.15, -0.1) is 0 Å². The lowest BCUT2D eigenvalue weighted by atomic mass is 9.47. The Balaban J connectivity index is 1.70. The zero-order chi connectivity index (χ0) is 14.8. The molecule has 2 heteroatoms. The molecule has 114 valence electrons. The molecule has 0 spiro atoms. The van der Waals surface area contributed by atoms with Gasteiger partial charge < -0.3 is 0 Å². The van der Waals surface area contributed by atoms with Crippen molar-refractivity contribution < 1.29 is 9.59 Å². The Morgan fingerprint density at radius 3 is 2.48 bits per heavy atom. The molecule has 5 atom stereocenters. The van der Waals surface area contributed by atoms with Crippen LogP contribution in [0.25, 0.3) is 0 Å². The monoisotopic (exact) mass is 286 g/mol. The minimum absolute atomic E-state index is 0.0246. The van der Waals surface area contributed by atoms with Crippen LogP contribution in [0.5, 0.6) is 0 Å². The van der Waals surface area contributed by atoms with Crippen LogP contribution in [0.4, 0.5) is 0 Å². The Morgan fingerprint density at radius 2 is 1.67 bits per heavy atom. The molecule has 0 unspecified atom stereocenters. The molecule has 0 aliphatic heterocycles. The molecule has 21 heavy (non-hydrogen) atoms. The third-order valence-corrected chi connectivity index (χ3v) is 7.67. The largest absolute Gasteiger partial charge is 0.299 e. The lowest BCUT2D eigenvalue weighted by molar-refractivity contribution is -0.132. The van der Waals surface area contributed by atoms with Gasteiger partial charge in [0.2, 0.25) is 0 Å². The molecular weight excluding hydrogens is 260 g/mol. The van der Waals surface area contributed by atoms with Gasteiger partial charge in [-0.25, -0.2) is 0 Å². The second kappa shape index (κ2) is 4.30. The third kappa shape index (κ3) is 1.71. The van der Waals surface area contributed by atoms with Crippen LogP contribution < -0.4 is 0 Å². The minimum Gasteiger partial charge on any atom is -0.299 e. The molecule has 2 nitrogen and oxygen atoms in total. The fourth-order valence-corrected chi connectivity index (χ4v) is 6.33. The summed E-state index contributed by atoms with van der Waals surface area (Å²) in [6, 6.07) is 0. The van der Waals surface area contributed by atoms with E-state index >= 15 is 0 Å². The number of ketones is 2. The average Bonchev–Trinajstić information content (AvgIpc) is 2.76. The number of Topliss-reactive ketones (excluding diaryl/α,β-unsaturated/α-hetero) is 1. The zero-order valence-corrected chi connectivity index (χ0v) is 13.3. The van der Waals surface area contributed by atoms with Gasteiger partial charge in [-0.3, -0.25) is 9.59 Å². The number of rotatable bonds is 0. The number of fused-ring (bicyclic) bond motifs is 5. The molecule has 0 aromatic heterocycles. The zero-order valence-electron chi connectivity index (χ0n) is 13.3. The highest BCUT2D eigenvalue weighted by molar-refractivity contribution is 5.91. The fourth-order valence-electron chi connectivity index (χ4n) is 6.33. The maximum atomic E-state index is 12.4. The topological polar surface area (TPSA) is 34.1 Å². The second-order valence-electron chi connectivity index (χ2n) is 8.39. The van der Waals surface area contributed by atoms with Crippen molar-refractivity contribution >= 4 is 11.6 Å². The van der Waals surface area contributed by atoms with Gasteiger partial charge in [0.15, 0.2) is 5.78 Å². The van der Waals surface area contributed by atoms with Crippen molar-refractivity contribution in [2.24, 2.45) is 28.6 Å². The highest BCUT2D eigenvalue weighted by atomic mass is 16.1. The molecule has 0 N–H and O–H groups in total. The van der Waals surface area contributed by atoms with E-state index in [2.05, 4.69) is 13.8 Å². The molecule has 4 aliphatic rings. The first kappa shape index (κ1) is 13.7. The summed E-state index contributed by atoms with van der Waals surface area (Å²) < 4.78 is 0. The molecular formula is C19H26O2. The Kier molecular flexibility index (Phi) is 2.81. The van der Waals surface area contributed by atoms with Gasteiger partial charge in [-0.1, -0.05) is 19.4 Å². The molecule has 4 rings (SSSR count). The van der Waals surface area contributed by atoms with E-state index in [1.165, 1.54) is 18.4 Å². The van der Waals surface area contributed by atoms with Crippen LogP contribution in [0.1, 0.15) is 65.2 Å². The van der Waals surface area contributed by atoms with Crippen LogP contribution in [0.2, 0.25) is 0 Å². The van der Waals surface area contributed by atoms with E-state index in [1.54, 1.807) is 0 Å². The third-order valence-electron chi connectivity index (χ3n) is 7.67. The summed E-state index contributed by atoms with van der Waals surface area (Å²) in [6.45, 7) is 4.64. The van der Waals surface area contributed by atoms with Gasteiger partial charge in [-0.2, -0.15) is 0 Å². The SMILES string of the molecule is C[C@@]12CC[C@@H]3[C@@H](CCC4=CC(=O)CC[C@]43C)[C@@H]1CCC2=O. The summed E-state index contributed by atoms with van der Waals surface area (Å²) in [4.78, 5) is 24.1. The molecule has 0 bridgehead atoms. The molecule has 0 saturated heterocycles. The van der Waals surface area contributed by atoms with Crippen molar-refractivity contribution in [2.45, 2.75) is 65.2 Å². The first-order valence-corrected chi connectivity index (χ1v) is 8.72. The van der Waals surface area contributed by atoms with Crippen LogP contribution >= 0.6 is 0 Å². The van der Waals surface area contributed by atoms with Crippen molar-refractivity contribution in [1.29, 1.82) is 0 Å². The van der Waals surface area contributed by atoms with E-state index < -0.39 is 0 Å². The van der Waals surface area contributed by atoms with Crippen LogP contribution in [0.15, 0.2) is 11.6 Å². The standard InChI is InChI=1S/C19H26O2/c1-18-9-7-13(20)11-12(18)3-4-14-15-5-6-17(21)19(15,2)10-8-16(14)18/h11,14-16H,3-10H2,1-2H3/t14-,15-,16+,18+,19+/m0/s1. The second-order valence-corrected chi connectivity index (χ2v) is 8.39. The average molecular weight is 286 g/mol. The summed E-state index contributed by atoms with van der Waals surface area (Å²) in [5.74, 6) is 2.88. The van der Waals surface area contributed by atoms with Crippen molar-refractivity contribution in [2.75, 3.05) is 0 Å². The lowest BCUT2D eigenvalue weighted by Crippen LogP contribution is -2.50. The molecule has 3 fully saturated rings. The van der Waals surface area contributed by atoms with Gasteiger partial charge in [-0.05, 0) is 67.8 Å². The van der Waals surface area contributed by atoms with Gasteiger partial charge in [0.1, 0.15) is 5.78 Å². The van der Waals surface area contributed by atoms with Gasteiger partial charge in [0, 0.05) is 18.3 Å². The molecule has 0 radical (unpaired) electrons. The highest BCUT2D eigenvalue weighted by Gasteiger charge is 2.58. The quantitative estimate of drug-likeness (QED) is 0.672. The van der Waals surface area contributed by atoms with E-state index in [-0.39, 0.29) is 10.8 Å². The summed E-state index contributed by atoms with van der Waals surface area (Å²) >= 11 is 0. The van der Waals surface area contributed by atoms with Crippen LogP contribution in [-0.4, -0.2) is 11.6 Å². The van der Waals surface area contributed by atoms with Gasteiger partial charge >= 0.3 is 0 Å². The predicted octanol–water partition coefficient (Wildman–Crippen LogP) is 4.09. The fraction of sp³-hybridized carbons (Fsp3) is 0.789. The van der Waals surface area contributed by atoms with E-state index in [0.29, 0.717) is 29.3 Å². The maximum Gasteiger partial charge on any atom is 0.155 e. The van der Waals surface area contributed by atoms with Crippen molar-refractivity contribution in [3.63, 3.8) is 0 Å². The molecule has 0 aromatic rings. The van der Waals surface area contributed by atoms with Crippen molar-refractivity contribution in [1.82, 2.24) is 0 Å². The van der Waals surface area contributed by atoms with Gasteiger partial charge in [0.05, 0.1) is 0 Å². The lowest BCUT2D eigenvalue weighted by Gasteiger charge is -2.56. The molecule has 0 heterocycles. The van der Waals surface area contributed by atoms with Crippen LogP contribution in [-0.2, 0) is 9.59 Å². The van der Waals surface area contributed by atoms with E-state index in [4.69, 9.17) is 0 Å². The Morgan fingerprint density at radius 1 is 0.905 bits per heavy atom. The normalized spacial score (nSPS) is 49.2. The molecule has 4 aliphatic carbocycles. The van der Waals surface area contributed by atoms with Crippen molar-refractivity contribution in [3.8, 4) is 0 Å². The predicted molar refractivity (Wildman–Crippen MR) is 81.7 cm³/mol. The summed E-state index contributed by atoms with van der Waals surface area (Å²) in [7, 11) is 0. The summed E-state index contributed by atoms with van der Waals surface area (Å²) in [6.07, 6.45) is 10.2. The van der Waals surface area contributed by atoms with Crippen molar-refractivity contribution in [3.05, 3.63) is 11.6 Å². The smallest absolute Gasteiger partial charge is 0.155 e. The first-order chi connectivity index (χ1) is 9.95. The summed E-state index contributed by atoms with van der Waals surface area (Å²) in [5, 5.41) is 0. The molecule has 3 saturated carbocycles. The molecule has 0 aromatic carbocycles. The number of carbonyl (C=O) groups excluding carboxylic acids is 2. The number of carbonyl (C=O) groups is 2.